The molecule has 0 unspecified atom stereocenters. The molecule has 0 heterocycles. The van der Waals surface area contributed by atoms with Gasteiger partial charge < -0.3 is 20.1 Å². The van der Waals surface area contributed by atoms with Gasteiger partial charge in [0.2, 0.25) is 0 Å². The van der Waals surface area contributed by atoms with Crippen molar-refractivity contribution in [1.29, 1.82) is 0 Å². The van der Waals surface area contributed by atoms with Crippen molar-refractivity contribution in [2.75, 3.05) is 0 Å². The van der Waals surface area contributed by atoms with Crippen molar-refractivity contribution >= 4 is 6.29 Å². The van der Waals surface area contributed by atoms with Crippen LogP contribution < -0.4 is 0 Å². The summed E-state index contributed by atoms with van der Waals surface area (Å²) in [7, 11) is 0. The fourth-order valence-electron chi connectivity index (χ4n) is 0.875. The van der Waals surface area contributed by atoms with E-state index in [2.05, 4.69) is 0 Å². The number of aromatic hydroxyl groups is 3. The van der Waals surface area contributed by atoms with E-state index in [4.69, 9.17) is 15.3 Å². The monoisotopic (exact) mass is 168 g/mol. The van der Waals surface area contributed by atoms with E-state index >= 15 is 0 Å². The van der Waals surface area contributed by atoms with Gasteiger partial charge in [-0.15, -0.1) is 0 Å². The smallest absolute Gasteiger partial charge is 0.200 e. The molecule has 0 aliphatic rings. The Bertz CT molecular complexity index is 283. The summed E-state index contributed by atoms with van der Waals surface area (Å²) >= 11 is 0. The highest BCUT2D eigenvalue weighted by atomic mass is 16.3. The second kappa shape index (κ2) is 3.13. The van der Waals surface area contributed by atoms with E-state index in [0.717, 1.165) is 0 Å². The standard InChI is InChI=1S/C8H8O4/c9-2-1-5-3-6(10)8(12)7(11)4-5/h2-4,10-12H,1H2. The van der Waals surface area contributed by atoms with E-state index < -0.39 is 17.2 Å². The Kier molecular flexibility index (Phi) is 2.19. The molecule has 64 valence electrons. The fraction of sp³-hybridized carbons (Fsp3) is 0.125. The highest BCUT2D eigenvalue weighted by molar-refractivity contribution is 5.59. The van der Waals surface area contributed by atoms with Crippen LogP contribution in [0.25, 0.3) is 0 Å². The molecule has 1 rings (SSSR count). The molecule has 0 bridgehead atoms. The maximum Gasteiger partial charge on any atom is 0.200 e. The Labute approximate surface area is 68.7 Å². The SMILES string of the molecule is O=CCc1cc(O)c(O)c(O)c1. The number of phenols is 3. The summed E-state index contributed by atoms with van der Waals surface area (Å²) in [6.07, 6.45) is 0.743. The molecule has 0 saturated carbocycles. The van der Waals surface area contributed by atoms with Gasteiger partial charge >= 0.3 is 0 Å². The lowest BCUT2D eigenvalue weighted by atomic mass is 10.1. The number of rotatable bonds is 2. The molecule has 0 radical (unpaired) electrons. The van der Waals surface area contributed by atoms with Crippen LogP contribution in [0.3, 0.4) is 0 Å². The molecule has 1 aromatic carbocycles. The van der Waals surface area contributed by atoms with Gasteiger partial charge in [0.05, 0.1) is 0 Å². The van der Waals surface area contributed by atoms with Crippen molar-refractivity contribution in [3.05, 3.63) is 17.7 Å². The van der Waals surface area contributed by atoms with Crippen LogP contribution in [0.4, 0.5) is 0 Å². The highest BCUT2D eigenvalue weighted by Gasteiger charge is 2.06. The Morgan fingerprint density at radius 1 is 1.17 bits per heavy atom. The minimum Gasteiger partial charge on any atom is -0.504 e. The first kappa shape index (κ1) is 8.39. The van der Waals surface area contributed by atoms with Crippen LogP contribution in [0.1, 0.15) is 5.56 Å². The van der Waals surface area contributed by atoms with Gasteiger partial charge in [-0.05, 0) is 17.7 Å². The predicted molar refractivity (Wildman–Crippen MR) is 41.2 cm³/mol. The molecular formula is C8H8O4. The zero-order valence-electron chi connectivity index (χ0n) is 6.19. The molecule has 0 aromatic heterocycles. The van der Waals surface area contributed by atoms with E-state index in [1.54, 1.807) is 0 Å². The van der Waals surface area contributed by atoms with Crippen LogP contribution in [-0.4, -0.2) is 21.6 Å². The first-order valence-corrected chi connectivity index (χ1v) is 3.32. The molecule has 0 aliphatic carbocycles. The molecular weight excluding hydrogens is 160 g/mol. The zero-order chi connectivity index (χ0) is 9.14. The number of carbonyl (C=O) groups is 1. The van der Waals surface area contributed by atoms with E-state index in [0.29, 0.717) is 11.8 Å². The Morgan fingerprint density at radius 2 is 1.67 bits per heavy atom. The number of hydrogen-bond donors (Lipinski definition) is 3. The molecule has 0 spiro atoms. The molecule has 3 N–H and O–H groups in total. The highest BCUT2D eigenvalue weighted by Crippen LogP contribution is 2.35. The van der Waals surface area contributed by atoms with Crippen molar-refractivity contribution in [2.24, 2.45) is 0 Å². The fourth-order valence-corrected chi connectivity index (χ4v) is 0.875. The lowest BCUT2D eigenvalue weighted by molar-refractivity contribution is -0.107. The number of aldehydes is 1. The molecule has 0 atom stereocenters. The van der Waals surface area contributed by atoms with E-state index in [1.807, 2.05) is 0 Å². The summed E-state index contributed by atoms with van der Waals surface area (Å²) in [4.78, 5) is 10.1. The first-order valence-electron chi connectivity index (χ1n) is 3.32. The third-order valence-electron chi connectivity index (χ3n) is 1.45. The van der Waals surface area contributed by atoms with Crippen LogP contribution in [-0.2, 0) is 11.2 Å². The maximum atomic E-state index is 10.1. The van der Waals surface area contributed by atoms with E-state index in [-0.39, 0.29) is 6.42 Å². The van der Waals surface area contributed by atoms with Gasteiger partial charge in [0.1, 0.15) is 6.29 Å². The van der Waals surface area contributed by atoms with Crippen LogP contribution in [0.15, 0.2) is 12.1 Å². The second-order valence-electron chi connectivity index (χ2n) is 2.35. The zero-order valence-corrected chi connectivity index (χ0v) is 6.19. The van der Waals surface area contributed by atoms with E-state index in [1.165, 1.54) is 12.1 Å². The third kappa shape index (κ3) is 1.47. The molecule has 0 amide bonds. The van der Waals surface area contributed by atoms with Gasteiger partial charge in [0, 0.05) is 6.42 Å². The minimum absolute atomic E-state index is 0.0986. The predicted octanol–water partition coefficient (Wildman–Crippen LogP) is 0.545. The number of hydrogen-bond acceptors (Lipinski definition) is 4. The third-order valence-corrected chi connectivity index (χ3v) is 1.45. The topological polar surface area (TPSA) is 77.8 Å². The number of carbonyl (C=O) groups excluding carboxylic acids is 1. The largest absolute Gasteiger partial charge is 0.504 e. The van der Waals surface area contributed by atoms with Gasteiger partial charge in [-0.1, -0.05) is 0 Å². The summed E-state index contributed by atoms with van der Waals surface area (Å²) < 4.78 is 0. The Balaban J connectivity index is 3.11. The Hall–Kier alpha value is -1.71. The van der Waals surface area contributed by atoms with Gasteiger partial charge in [-0.25, -0.2) is 0 Å². The van der Waals surface area contributed by atoms with Crippen LogP contribution in [0.5, 0.6) is 17.2 Å². The lowest BCUT2D eigenvalue weighted by Gasteiger charge is -2.02. The summed E-state index contributed by atoms with van der Waals surface area (Å²) in [5, 5.41) is 26.9. The maximum absolute atomic E-state index is 10.1. The molecule has 1 aromatic rings. The summed E-state index contributed by atoms with van der Waals surface area (Å²) in [6, 6.07) is 2.45. The Morgan fingerprint density at radius 3 is 2.08 bits per heavy atom. The molecule has 0 aliphatic heterocycles. The van der Waals surface area contributed by atoms with Crippen LogP contribution in [0.2, 0.25) is 0 Å². The van der Waals surface area contributed by atoms with Gasteiger partial charge in [0.15, 0.2) is 17.2 Å². The normalized spacial score (nSPS) is 9.67. The average molecular weight is 168 g/mol. The summed E-state index contributed by atoms with van der Waals surface area (Å²) in [5.74, 6) is -1.41. The van der Waals surface area contributed by atoms with Crippen molar-refractivity contribution in [3.8, 4) is 17.2 Å². The van der Waals surface area contributed by atoms with Gasteiger partial charge in [-0.2, -0.15) is 0 Å². The second-order valence-corrected chi connectivity index (χ2v) is 2.35. The lowest BCUT2D eigenvalue weighted by Crippen LogP contribution is -1.85. The summed E-state index contributed by atoms with van der Waals surface area (Å²) in [5.41, 5.74) is 0.456. The molecule has 0 saturated heterocycles. The van der Waals surface area contributed by atoms with Crippen molar-refractivity contribution in [2.45, 2.75) is 6.42 Å². The quantitative estimate of drug-likeness (QED) is 0.445. The molecule has 0 fully saturated rings. The number of benzene rings is 1. The van der Waals surface area contributed by atoms with Crippen LogP contribution >= 0.6 is 0 Å². The van der Waals surface area contributed by atoms with Gasteiger partial charge in [-0.3, -0.25) is 0 Å². The van der Waals surface area contributed by atoms with E-state index in [9.17, 15) is 4.79 Å². The van der Waals surface area contributed by atoms with Crippen LogP contribution in [0, 0.1) is 0 Å². The molecule has 12 heavy (non-hydrogen) atoms. The number of phenolic OH excluding ortho intramolecular Hbond substituents is 3. The minimum atomic E-state index is -0.565. The first-order chi connectivity index (χ1) is 5.65. The molecule has 4 nitrogen and oxygen atoms in total. The average Bonchev–Trinajstić information content (AvgIpc) is 2.01. The van der Waals surface area contributed by atoms with Gasteiger partial charge in [0.25, 0.3) is 0 Å². The van der Waals surface area contributed by atoms with Crippen molar-refractivity contribution in [3.63, 3.8) is 0 Å². The molecule has 4 heteroatoms. The van der Waals surface area contributed by atoms with Crippen molar-refractivity contribution in [1.82, 2.24) is 0 Å². The summed E-state index contributed by atoms with van der Waals surface area (Å²) in [6.45, 7) is 0. The van der Waals surface area contributed by atoms with Crippen molar-refractivity contribution < 1.29 is 20.1 Å².